The van der Waals surface area contributed by atoms with E-state index in [4.69, 9.17) is 8.94 Å². The van der Waals surface area contributed by atoms with Crippen LogP contribution in [0.2, 0.25) is 0 Å². The fraction of sp³-hybridized carbons (Fsp3) is 0.286. The van der Waals surface area contributed by atoms with Gasteiger partial charge in [-0.3, -0.25) is 0 Å². The normalized spacial score (nSPS) is 12.5. The summed E-state index contributed by atoms with van der Waals surface area (Å²) in [6, 6.07) is 3.57. The Morgan fingerprint density at radius 2 is 2.32 bits per heavy atom. The average Bonchev–Trinajstić information content (AvgIpc) is 3.22. The van der Waals surface area contributed by atoms with Gasteiger partial charge in [-0.25, -0.2) is 0 Å². The first-order chi connectivity index (χ1) is 10.7. The summed E-state index contributed by atoms with van der Waals surface area (Å²) in [5, 5.41) is 12.9. The van der Waals surface area contributed by atoms with Crippen molar-refractivity contribution < 1.29 is 8.94 Å². The van der Waals surface area contributed by atoms with Gasteiger partial charge in [0.05, 0.1) is 11.5 Å². The third kappa shape index (κ3) is 2.82. The fourth-order valence-electron chi connectivity index (χ4n) is 1.90. The molecule has 0 radical (unpaired) electrons. The number of allylic oxidation sites excluding steroid dienone is 1. The quantitative estimate of drug-likeness (QED) is 0.509. The molecule has 3 heterocycles. The van der Waals surface area contributed by atoms with E-state index >= 15 is 0 Å². The van der Waals surface area contributed by atoms with Crippen molar-refractivity contribution in [2.24, 2.45) is 0 Å². The smallest absolute Gasteiger partial charge is 0.240 e. The van der Waals surface area contributed by atoms with E-state index in [-0.39, 0.29) is 5.25 Å². The number of furan rings is 1. The Bertz CT molecular complexity index is 762. The minimum absolute atomic E-state index is 0.0524. The molecule has 0 aliphatic carbocycles. The Kier molecular flexibility index (Phi) is 4.10. The zero-order valence-corrected chi connectivity index (χ0v) is 13.1. The molecule has 0 bridgehead atoms. The van der Waals surface area contributed by atoms with Crippen molar-refractivity contribution in [2.75, 3.05) is 0 Å². The first-order valence-corrected chi connectivity index (χ1v) is 7.62. The maximum absolute atomic E-state index is 5.31. The van der Waals surface area contributed by atoms with Crippen molar-refractivity contribution in [3.63, 3.8) is 0 Å². The molecular formula is C14H15N5O2S. The van der Waals surface area contributed by atoms with E-state index in [0.717, 1.165) is 11.0 Å². The van der Waals surface area contributed by atoms with Crippen LogP contribution in [-0.4, -0.2) is 24.9 Å². The highest BCUT2D eigenvalue weighted by atomic mass is 32.2. The van der Waals surface area contributed by atoms with Crippen LogP contribution in [0.15, 0.2) is 45.1 Å². The van der Waals surface area contributed by atoms with Crippen LogP contribution in [0.25, 0.3) is 11.6 Å². The van der Waals surface area contributed by atoms with E-state index in [0.29, 0.717) is 24.0 Å². The van der Waals surface area contributed by atoms with Crippen molar-refractivity contribution in [3.8, 4) is 11.6 Å². The van der Waals surface area contributed by atoms with E-state index < -0.39 is 0 Å². The number of rotatable bonds is 6. The Hall–Kier alpha value is -2.35. The zero-order chi connectivity index (χ0) is 15.5. The third-order valence-electron chi connectivity index (χ3n) is 3.03. The molecule has 0 amide bonds. The molecule has 7 nitrogen and oxygen atoms in total. The molecule has 0 aromatic carbocycles. The van der Waals surface area contributed by atoms with Crippen LogP contribution in [0.1, 0.15) is 23.9 Å². The second-order valence-electron chi connectivity index (χ2n) is 4.62. The van der Waals surface area contributed by atoms with Crippen LogP contribution < -0.4 is 0 Å². The molecular weight excluding hydrogens is 302 g/mol. The van der Waals surface area contributed by atoms with Gasteiger partial charge in [0.15, 0.2) is 10.9 Å². The minimum atomic E-state index is -0.0524. The molecule has 22 heavy (non-hydrogen) atoms. The summed E-state index contributed by atoms with van der Waals surface area (Å²) >= 11 is 1.51. The van der Waals surface area contributed by atoms with Gasteiger partial charge in [-0.2, -0.15) is 4.98 Å². The first-order valence-electron chi connectivity index (χ1n) is 6.74. The van der Waals surface area contributed by atoms with Crippen molar-refractivity contribution in [1.82, 2.24) is 24.9 Å². The van der Waals surface area contributed by atoms with E-state index in [1.807, 2.05) is 24.5 Å². The monoisotopic (exact) mass is 317 g/mol. The van der Waals surface area contributed by atoms with Crippen LogP contribution in [-0.2, 0) is 6.54 Å². The highest BCUT2D eigenvalue weighted by molar-refractivity contribution is 7.99. The van der Waals surface area contributed by atoms with Crippen LogP contribution in [0.5, 0.6) is 0 Å². The number of hydrogen-bond acceptors (Lipinski definition) is 7. The van der Waals surface area contributed by atoms with Crippen LogP contribution >= 0.6 is 11.8 Å². The van der Waals surface area contributed by atoms with Crippen molar-refractivity contribution in [3.05, 3.63) is 42.8 Å². The standard InChI is InChI=1S/C14H15N5O2S/c1-4-7-19-10(3)16-17-14(19)22-9(2)13-15-12(18-21-13)11-6-5-8-20-11/h4-6,8-9H,1,7H2,2-3H3/t9-/m1/s1. The van der Waals surface area contributed by atoms with Crippen molar-refractivity contribution >= 4 is 11.8 Å². The summed E-state index contributed by atoms with van der Waals surface area (Å²) in [7, 11) is 0. The van der Waals surface area contributed by atoms with Gasteiger partial charge in [-0.1, -0.05) is 23.0 Å². The summed E-state index contributed by atoms with van der Waals surface area (Å²) in [6.07, 6.45) is 3.39. The van der Waals surface area contributed by atoms with Gasteiger partial charge >= 0.3 is 0 Å². The van der Waals surface area contributed by atoms with Gasteiger partial charge in [-0.05, 0) is 26.0 Å². The summed E-state index contributed by atoms with van der Waals surface area (Å²) in [6.45, 7) is 8.30. The summed E-state index contributed by atoms with van der Waals surface area (Å²) in [5.41, 5.74) is 0. The summed E-state index contributed by atoms with van der Waals surface area (Å²) in [4.78, 5) is 4.36. The van der Waals surface area contributed by atoms with Crippen molar-refractivity contribution in [1.29, 1.82) is 0 Å². The third-order valence-corrected chi connectivity index (χ3v) is 4.09. The Balaban J connectivity index is 1.77. The lowest BCUT2D eigenvalue weighted by atomic mass is 10.4. The minimum Gasteiger partial charge on any atom is -0.461 e. The van der Waals surface area contributed by atoms with Gasteiger partial charge in [-0.15, -0.1) is 16.8 Å². The lowest BCUT2D eigenvalue weighted by Crippen LogP contribution is -2.01. The van der Waals surface area contributed by atoms with Gasteiger partial charge in [0.25, 0.3) is 0 Å². The van der Waals surface area contributed by atoms with E-state index in [1.54, 1.807) is 18.4 Å². The maximum Gasteiger partial charge on any atom is 0.240 e. The zero-order valence-electron chi connectivity index (χ0n) is 12.3. The molecule has 0 fully saturated rings. The predicted octanol–water partition coefficient (Wildman–Crippen LogP) is 3.27. The van der Waals surface area contributed by atoms with E-state index in [2.05, 4.69) is 26.9 Å². The lowest BCUT2D eigenvalue weighted by Gasteiger charge is -2.07. The lowest BCUT2D eigenvalue weighted by molar-refractivity contribution is 0.379. The first kappa shape index (κ1) is 14.6. The van der Waals surface area contributed by atoms with Gasteiger partial charge < -0.3 is 13.5 Å². The fourth-order valence-corrected chi connectivity index (χ4v) is 2.84. The molecule has 3 rings (SSSR count). The number of nitrogens with zero attached hydrogens (tertiary/aromatic N) is 5. The van der Waals surface area contributed by atoms with Gasteiger partial charge in [0.2, 0.25) is 11.7 Å². The van der Waals surface area contributed by atoms with Gasteiger partial charge in [0.1, 0.15) is 5.82 Å². The van der Waals surface area contributed by atoms with E-state index in [1.165, 1.54) is 11.8 Å². The molecule has 0 N–H and O–H groups in total. The highest BCUT2D eigenvalue weighted by Crippen LogP contribution is 2.33. The molecule has 114 valence electrons. The number of thioether (sulfide) groups is 1. The van der Waals surface area contributed by atoms with E-state index in [9.17, 15) is 0 Å². The highest BCUT2D eigenvalue weighted by Gasteiger charge is 2.20. The molecule has 0 aliphatic rings. The van der Waals surface area contributed by atoms with Crippen LogP contribution in [0.4, 0.5) is 0 Å². The Morgan fingerprint density at radius 1 is 1.45 bits per heavy atom. The molecule has 8 heteroatoms. The molecule has 0 unspecified atom stereocenters. The summed E-state index contributed by atoms with van der Waals surface area (Å²) in [5.74, 6) is 2.38. The van der Waals surface area contributed by atoms with Crippen LogP contribution in [0.3, 0.4) is 0 Å². The average molecular weight is 317 g/mol. The second-order valence-corrected chi connectivity index (χ2v) is 5.93. The molecule has 1 atom stereocenters. The molecule has 3 aromatic rings. The molecule has 0 saturated heterocycles. The number of hydrogen-bond donors (Lipinski definition) is 0. The molecule has 0 saturated carbocycles. The van der Waals surface area contributed by atoms with Crippen LogP contribution in [0, 0.1) is 6.92 Å². The topological polar surface area (TPSA) is 82.8 Å². The second kappa shape index (κ2) is 6.18. The largest absolute Gasteiger partial charge is 0.461 e. The molecule has 3 aromatic heterocycles. The Labute approximate surface area is 131 Å². The number of aromatic nitrogens is 5. The Morgan fingerprint density at radius 3 is 3.05 bits per heavy atom. The summed E-state index contributed by atoms with van der Waals surface area (Å²) < 4.78 is 12.5. The maximum atomic E-state index is 5.31. The number of aryl methyl sites for hydroxylation is 1. The SMILES string of the molecule is C=CCn1c(C)nnc1S[C@H](C)c1nc(-c2ccco2)no1. The van der Waals surface area contributed by atoms with Crippen molar-refractivity contribution in [2.45, 2.75) is 30.8 Å². The molecule has 0 aliphatic heterocycles. The predicted molar refractivity (Wildman–Crippen MR) is 81.2 cm³/mol. The van der Waals surface area contributed by atoms with Gasteiger partial charge in [0, 0.05) is 6.54 Å². The molecule has 0 spiro atoms.